The summed E-state index contributed by atoms with van der Waals surface area (Å²) < 4.78 is 25.7. The van der Waals surface area contributed by atoms with E-state index in [0.29, 0.717) is 17.2 Å². The second kappa shape index (κ2) is 8.01. The molecule has 1 atom stereocenters. The average Bonchev–Trinajstić information content (AvgIpc) is 2.61. The highest BCUT2D eigenvalue weighted by Crippen LogP contribution is 2.22. The van der Waals surface area contributed by atoms with Gasteiger partial charge >= 0.3 is 0 Å². The van der Waals surface area contributed by atoms with Gasteiger partial charge in [0, 0.05) is 25.3 Å². The maximum Gasteiger partial charge on any atom is 0.255 e. The number of nitrogens with zero attached hydrogens (tertiary/aromatic N) is 1. The summed E-state index contributed by atoms with van der Waals surface area (Å²) in [5.41, 5.74) is 2.97. The van der Waals surface area contributed by atoms with Crippen LogP contribution in [0.25, 0.3) is 0 Å². The van der Waals surface area contributed by atoms with Gasteiger partial charge in [-0.05, 0) is 54.7 Å². The number of benzene rings is 2. The molecule has 0 aromatic heterocycles. The molecule has 0 radical (unpaired) electrons. The highest BCUT2D eigenvalue weighted by Gasteiger charge is 2.20. The number of anilines is 1. The summed E-state index contributed by atoms with van der Waals surface area (Å²) in [6.07, 6.45) is 1.05. The van der Waals surface area contributed by atoms with Gasteiger partial charge in [0.05, 0.1) is 4.90 Å². The highest BCUT2D eigenvalue weighted by molar-refractivity contribution is 7.89. The van der Waals surface area contributed by atoms with E-state index in [-0.39, 0.29) is 10.8 Å². The van der Waals surface area contributed by atoms with E-state index in [4.69, 9.17) is 0 Å². The van der Waals surface area contributed by atoms with E-state index in [1.165, 1.54) is 31.8 Å². The monoisotopic (exact) mass is 374 g/mol. The van der Waals surface area contributed by atoms with Gasteiger partial charge in [0.2, 0.25) is 10.0 Å². The van der Waals surface area contributed by atoms with E-state index < -0.39 is 10.0 Å². The molecule has 0 fully saturated rings. The van der Waals surface area contributed by atoms with Gasteiger partial charge in [-0.15, -0.1) is 0 Å². The van der Waals surface area contributed by atoms with Crippen LogP contribution in [0.1, 0.15) is 47.7 Å². The molecule has 2 rings (SSSR count). The Kier molecular flexibility index (Phi) is 6.21. The second-order valence-corrected chi connectivity index (χ2v) is 8.80. The fraction of sp³-hybridized carbons (Fsp3) is 0.350. The van der Waals surface area contributed by atoms with Gasteiger partial charge in [-0.3, -0.25) is 4.79 Å². The third-order valence-electron chi connectivity index (χ3n) is 4.58. The summed E-state index contributed by atoms with van der Waals surface area (Å²) >= 11 is 0. The van der Waals surface area contributed by atoms with Crippen LogP contribution in [0.4, 0.5) is 5.69 Å². The Bertz CT molecular complexity index is 888. The van der Waals surface area contributed by atoms with Crippen molar-refractivity contribution < 1.29 is 13.2 Å². The molecule has 6 heteroatoms. The smallest absolute Gasteiger partial charge is 0.255 e. The second-order valence-electron chi connectivity index (χ2n) is 6.65. The molecule has 2 aromatic rings. The maximum atomic E-state index is 12.6. The van der Waals surface area contributed by atoms with Crippen LogP contribution in [0.5, 0.6) is 0 Å². The predicted octanol–water partition coefficient (Wildman–Crippen LogP) is 4.01. The minimum absolute atomic E-state index is 0.102. The van der Waals surface area contributed by atoms with Gasteiger partial charge in [-0.2, -0.15) is 0 Å². The van der Waals surface area contributed by atoms with E-state index in [9.17, 15) is 13.2 Å². The third-order valence-corrected chi connectivity index (χ3v) is 6.39. The average molecular weight is 375 g/mol. The number of rotatable bonds is 6. The van der Waals surface area contributed by atoms with Crippen molar-refractivity contribution in [3.8, 4) is 0 Å². The van der Waals surface area contributed by atoms with Crippen molar-refractivity contribution >= 4 is 21.6 Å². The number of nitrogens with one attached hydrogen (secondary N) is 1. The lowest BCUT2D eigenvalue weighted by Crippen LogP contribution is -2.23. The van der Waals surface area contributed by atoms with Crippen LogP contribution in [0.2, 0.25) is 0 Å². The largest absolute Gasteiger partial charge is 0.322 e. The lowest BCUT2D eigenvalue weighted by Gasteiger charge is -2.14. The molecule has 140 valence electrons. The molecule has 26 heavy (non-hydrogen) atoms. The summed E-state index contributed by atoms with van der Waals surface area (Å²) in [7, 11) is -0.655. The zero-order chi connectivity index (χ0) is 19.5. The summed E-state index contributed by atoms with van der Waals surface area (Å²) in [5, 5.41) is 2.84. The van der Waals surface area contributed by atoms with Crippen LogP contribution in [0, 0.1) is 6.92 Å². The quantitative estimate of drug-likeness (QED) is 0.831. The number of carbonyl (C=O) groups is 1. The first kappa shape index (κ1) is 20.1. The van der Waals surface area contributed by atoms with Gasteiger partial charge in [-0.1, -0.05) is 32.0 Å². The highest BCUT2D eigenvalue weighted by atomic mass is 32.2. The van der Waals surface area contributed by atoms with E-state index in [1.54, 1.807) is 13.0 Å². The van der Waals surface area contributed by atoms with Crippen molar-refractivity contribution in [1.82, 2.24) is 4.31 Å². The van der Waals surface area contributed by atoms with E-state index in [0.717, 1.165) is 16.3 Å². The molecular weight excluding hydrogens is 348 g/mol. The fourth-order valence-corrected chi connectivity index (χ4v) is 3.47. The lowest BCUT2D eigenvalue weighted by atomic mass is 9.98. The molecule has 0 aliphatic carbocycles. The summed E-state index contributed by atoms with van der Waals surface area (Å²) in [4.78, 5) is 12.7. The van der Waals surface area contributed by atoms with Crippen molar-refractivity contribution in [3.05, 3.63) is 59.2 Å². The Morgan fingerprint density at radius 3 is 2.27 bits per heavy atom. The number of carbonyl (C=O) groups excluding carboxylic acids is 1. The SMILES string of the molecule is CC[C@H](C)c1ccc(NC(=O)c2cc(S(=O)(=O)N(C)C)ccc2C)cc1. The van der Waals surface area contributed by atoms with Crippen molar-refractivity contribution in [1.29, 1.82) is 0 Å². The fourth-order valence-electron chi connectivity index (χ4n) is 2.55. The first-order chi connectivity index (χ1) is 12.2. The summed E-state index contributed by atoms with van der Waals surface area (Å²) in [5.74, 6) is 0.143. The van der Waals surface area contributed by atoms with Crippen LogP contribution in [0.15, 0.2) is 47.4 Å². The Balaban J connectivity index is 2.27. The molecule has 0 heterocycles. The molecule has 0 aliphatic heterocycles. The molecule has 0 bridgehead atoms. The minimum Gasteiger partial charge on any atom is -0.322 e. The van der Waals surface area contributed by atoms with Crippen molar-refractivity contribution in [3.63, 3.8) is 0 Å². The Hall–Kier alpha value is -2.18. The summed E-state index contributed by atoms with van der Waals surface area (Å²) in [6, 6.07) is 12.3. The maximum absolute atomic E-state index is 12.6. The number of hydrogen-bond donors (Lipinski definition) is 1. The lowest BCUT2D eigenvalue weighted by molar-refractivity contribution is 0.102. The van der Waals surface area contributed by atoms with Crippen LogP contribution in [0.3, 0.4) is 0 Å². The van der Waals surface area contributed by atoms with Crippen molar-refractivity contribution in [2.45, 2.75) is 38.0 Å². The number of amides is 1. The van der Waals surface area contributed by atoms with Gasteiger partial charge in [0.15, 0.2) is 0 Å². The van der Waals surface area contributed by atoms with Gasteiger partial charge in [0.1, 0.15) is 0 Å². The molecule has 1 amide bonds. The molecule has 0 aliphatic rings. The Morgan fingerprint density at radius 1 is 1.12 bits per heavy atom. The van der Waals surface area contributed by atoms with Crippen molar-refractivity contribution in [2.24, 2.45) is 0 Å². The number of sulfonamides is 1. The third kappa shape index (κ3) is 4.31. The number of hydrogen-bond acceptors (Lipinski definition) is 3. The first-order valence-electron chi connectivity index (χ1n) is 8.61. The van der Waals surface area contributed by atoms with Crippen LogP contribution in [-0.4, -0.2) is 32.7 Å². The van der Waals surface area contributed by atoms with Gasteiger partial charge in [-0.25, -0.2) is 12.7 Å². The topological polar surface area (TPSA) is 66.5 Å². The molecular formula is C20H26N2O3S. The predicted molar refractivity (Wildman–Crippen MR) is 105 cm³/mol. The normalized spacial score (nSPS) is 12.8. The first-order valence-corrected chi connectivity index (χ1v) is 10.0. The molecule has 1 N–H and O–H groups in total. The zero-order valence-corrected chi connectivity index (χ0v) is 16.7. The van der Waals surface area contributed by atoms with Crippen molar-refractivity contribution in [2.75, 3.05) is 19.4 Å². The molecule has 0 spiro atoms. The minimum atomic E-state index is -3.59. The standard InChI is InChI=1S/C20H26N2O3S/c1-6-14(2)16-8-10-17(11-9-16)21-20(23)19-13-18(12-7-15(19)3)26(24,25)22(4)5/h7-14H,6H2,1-5H3,(H,21,23)/t14-/m0/s1. The van der Waals surface area contributed by atoms with E-state index in [2.05, 4.69) is 19.2 Å². The number of aryl methyl sites for hydroxylation is 1. The van der Waals surface area contributed by atoms with Crippen LogP contribution < -0.4 is 5.32 Å². The van der Waals surface area contributed by atoms with Gasteiger partial charge in [0.25, 0.3) is 5.91 Å². The van der Waals surface area contributed by atoms with Crippen LogP contribution >= 0.6 is 0 Å². The molecule has 2 aromatic carbocycles. The molecule has 0 unspecified atom stereocenters. The molecule has 5 nitrogen and oxygen atoms in total. The molecule has 0 saturated carbocycles. The van der Waals surface area contributed by atoms with E-state index in [1.807, 2.05) is 24.3 Å². The Labute approximate surface area is 156 Å². The zero-order valence-electron chi connectivity index (χ0n) is 15.9. The van der Waals surface area contributed by atoms with Crippen LogP contribution in [-0.2, 0) is 10.0 Å². The Morgan fingerprint density at radius 2 is 1.73 bits per heavy atom. The summed E-state index contributed by atoms with van der Waals surface area (Å²) in [6.45, 7) is 6.08. The van der Waals surface area contributed by atoms with E-state index >= 15 is 0 Å². The van der Waals surface area contributed by atoms with Gasteiger partial charge < -0.3 is 5.32 Å². The molecule has 0 saturated heterocycles.